The topological polar surface area (TPSA) is 88.2 Å². The molecule has 3 aliphatic heterocycles. The number of methoxy groups -OCH3 is 1. The van der Waals surface area contributed by atoms with E-state index in [1.165, 1.54) is 0 Å². The number of hydrogen-bond donors (Lipinski definition) is 1. The van der Waals surface area contributed by atoms with E-state index in [4.69, 9.17) is 9.47 Å². The highest BCUT2D eigenvalue weighted by molar-refractivity contribution is 5.98. The standard InChI is InChI=1S/C24H41N3O5/c1-18-20(28)8-10-23(2,31-4)9-6-14-26(3)24(17-32-22(18)30)11-15-27(16-12-24)21(29)19-7-5-13-25-19/h18-19,25H,5-17H2,1-4H3/t18?,19?,23-/m1/s1. The average molecular weight is 452 g/mol. The minimum atomic E-state index is -0.769. The Balaban J connectivity index is 1.72. The monoisotopic (exact) mass is 451 g/mol. The lowest BCUT2D eigenvalue weighted by atomic mass is 9.85. The van der Waals surface area contributed by atoms with E-state index < -0.39 is 11.9 Å². The number of nitrogens with zero attached hydrogens (tertiary/aromatic N) is 2. The molecule has 3 rings (SSSR count). The van der Waals surface area contributed by atoms with Crippen LogP contribution in [0.15, 0.2) is 0 Å². The molecule has 0 radical (unpaired) electrons. The van der Waals surface area contributed by atoms with Crippen LogP contribution >= 0.6 is 0 Å². The first-order valence-corrected chi connectivity index (χ1v) is 12.2. The molecule has 1 N–H and O–H groups in total. The Morgan fingerprint density at radius 1 is 1.12 bits per heavy atom. The molecule has 0 saturated carbocycles. The largest absolute Gasteiger partial charge is 0.463 e. The maximum Gasteiger partial charge on any atom is 0.316 e. The summed E-state index contributed by atoms with van der Waals surface area (Å²) in [5.41, 5.74) is -0.707. The summed E-state index contributed by atoms with van der Waals surface area (Å²) >= 11 is 0. The fraction of sp³-hybridized carbons (Fsp3) is 0.875. The summed E-state index contributed by atoms with van der Waals surface area (Å²) < 4.78 is 11.5. The molecule has 2 unspecified atom stereocenters. The van der Waals surface area contributed by atoms with Crippen LogP contribution in [-0.2, 0) is 23.9 Å². The zero-order chi connectivity index (χ0) is 23.4. The lowest BCUT2D eigenvalue weighted by Crippen LogP contribution is -2.59. The minimum absolute atomic E-state index is 0.0572. The number of ketones is 1. The van der Waals surface area contributed by atoms with Crippen LogP contribution in [0.4, 0.5) is 0 Å². The molecule has 0 aromatic rings. The molecular weight excluding hydrogens is 410 g/mol. The molecule has 3 aliphatic rings. The van der Waals surface area contributed by atoms with Crippen molar-refractivity contribution in [2.24, 2.45) is 5.92 Å². The summed E-state index contributed by atoms with van der Waals surface area (Å²) in [5.74, 6) is -1.12. The molecule has 3 fully saturated rings. The van der Waals surface area contributed by atoms with E-state index in [2.05, 4.69) is 17.3 Å². The number of esters is 1. The molecule has 8 heteroatoms. The quantitative estimate of drug-likeness (QED) is 0.506. The first kappa shape index (κ1) is 25.1. The maximum absolute atomic E-state index is 12.8. The molecule has 3 atom stereocenters. The van der Waals surface area contributed by atoms with Crippen molar-refractivity contribution in [1.29, 1.82) is 0 Å². The fourth-order valence-corrected chi connectivity index (χ4v) is 5.22. The molecule has 32 heavy (non-hydrogen) atoms. The van der Waals surface area contributed by atoms with Gasteiger partial charge in [-0.25, -0.2) is 0 Å². The summed E-state index contributed by atoms with van der Waals surface area (Å²) in [7, 11) is 3.78. The first-order valence-electron chi connectivity index (χ1n) is 12.2. The van der Waals surface area contributed by atoms with Crippen LogP contribution in [0, 0.1) is 5.92 Å². The first-order chi connectivity index (χ1) is 15.2. The Bertz CT molecular complexity index is 685. The van der Waals surface area contributed by atoms with E-state index in [-0.39, 0.29) is 35.5 Å². The van der Waals surface area contributed by atoms with Crippen LogP contribution in [0.3, 0.4) is 0 Å². The summed E-state index contributed by atoms with van der Waals surface area (Å²) in [6.07, 6.45) is 6.13. The number of likely N-dealkylation sites (N-methyl/N-ethyl adjacent to an activating group) is 1. The SMILES string of the molecule is CO[C@]1(C)CCCN(C)C2(CCN(C(=O)C3CCCN3)CC2)COC(=O)C(C)C(=O)CC1. The van der Waals surface area contributed by atoms with Gasteiger partial charge in [0.1, 0.15) is 18.3 Å². The zero-order valence-corrected chi connectivity index (χ0v) is 20.3. The second-order valence-electron chi connectivity index (χ2n) is 10.2. The number of carbonyl (C=O) groups is 3. The summed E-state index contributed by atoms with van der Waals surface area (Å²) in [4.78, 5) is 42.4. The van der Waals surface area contributed by atoms with E-state index in [1.54, 1.807) is 14.0 Å². The van der Waals surface area contributed by atoms with Crippen LogP contribution in [0.2, 0.25) is 0 Å². The minimum Gasteiger partial charge on any atom is -0.463 e. The van der Waals surface area contributed by atoms with Gasteiger partial charge in [-0.3, -0.25) is 19.3 Å². The Hall–Kier alpha value is -1.51. The van der Waals surface area contributed by atoms with Crippen LogP contribution in [0.1, 0.15) is 65.2 Å². The van der Waals surface area contributed by atoms with Crippen molar-refractivity contribution in [2.45, 2.75) is 82.4 Å². The zero-order valence-electron chi connectivity index (χ0n) is 20.3. The number of cyclic esters (lactones) is 1. The molecule has 0 aliphatic carbocycles. The van der Waals surface area contributed by atoms with Crippen molar-refractivity contribution in [3.63, 3.8) is 0 Å². The molecule has 3 saturated heterocycles. The van der Waals surface area contributed by atoms with Crippen molar-refractivity contribution >= 4 is 17.7 Å². The number of hydrogen-bond acceptors (Lipinski definition) is 7. The van der Waals surface area contributed by atoms with Crippen molar-refractivity contribution < 1.29 is 23.9 Å². The third-order valence-corrected chi connectivity index (χ3v) is 8.09. The number of piperidine rings is 1. The molecular formula is C24H41N3O5. The smallest absolute Gasteiger partial charge is 0.316 e. The van der Waals surface area contributed by atoms with E-state index in [1.807, 2.05) is 11.8 Å². The predicted molar refractivity (Wildman–Crippen MR) is 121 cm³/mol. The van der Waals surface area contributed by atoms with Gasteiger partial charge < -0.3 is 19.7 Å². The van der Waals surface area contributed by atoms with Gasteiger partial charge in [0.2, 0.25) is 5.91 Å². The fourth-order valence-electron chi connectivity index (χ4n) is 5.22. The highest BCUT2D eigenvalue weighted by Gasteiger charge is 2.42. The van der Waals surface area contributed by atoms with Crippen molar-refractivity contribution in [1.82, 2.24) is 15.1 Å². The van der Waals surface area contributed by atoms with Crippen molar-refractivity contribution in [3.8, 4) is 0 Å². The van der Waals surface area contributed by atoms with Gasteiger partial charge in [-0.15, -0.1) is 0 Å². The normalized spacial score (nSPS) is 33.3. The number of likely N-dealkylation sites (tertiary alicyclic amines) is 1. The lowest BCUT2D eigenvalue weighted by Gasteiger charge is -2.47. The molecule has 1 spiro atoms. The summed E-state index contributed by atoms with van der Waals surface area (Å²) in [6.45, 7) is 7.00. The van der Waals surface area contributed by atoms with Crippen molar-refractivity contribution in [3.05, 3.63) is 0 Å². The van der Waals surface area contributed by atoms with E-state index in [0.717, 1.165) is 51.6 Å². The molecule has 8 nitrogen and oxygen atoms in total. The molecule has 0 aromatic heterocycles. The summed E-state index contributed by atoms with van der Waals surface area (Å²) in [6, 6.07) is -0.0572. The second-order valence-corrected chi connectivity index (χ2v) is 10.2. The highest BCUT2D eigenvalue weighted by atomic mass is 16.5. The van der Waals surface area contributed by atoms with Gasteiger partial charge in [0.05, 0.1) is 17.2 Å². The molecule has 0 bridgehead atoms. The summed E-state index contributed by atoms with van der Waals surface area (Å²) in [5, 5.41) is 3.30. The molecule has 182 valence electrons. The number of Topliss-reactive ketones (excluding diaryl/α,β-unsaturated/α-hetero) is 1. The third kappa shape index (κ3) is 5.69. The third-order valence-electron chi connectivity index (χ3n) is 8.09. The van der Waals surface area contributed by atoms with Crippen LogP contribution in [0.5, 0.6) is 0 Å². The van der Waals surface area contributed by atoms with E-state index >= 15 is 0 Å². The van der Waals surface area contributed by atoms with Gasteiger partial charge in [0.25, 0.3) is 0 Å². The average Bonchev–Trinajstić information content (AvgIpc) is 3.34. The van der Waals surface area contributed by atoms with Gasteiger partial charge in [-0.05, 0) is 78.9 Å². The van der Waals surface area contributed by atoms with Crippen LogP contribution in [0.25, 0.3) is 0 Å². The second kappa shape index (κ2) is 10.6. The van der Waals surface area contributed by atoms with E-state index in [0.29, 0.717) is 25.9 Å². The molecule has 0 aromatic carbocycles. The number of ether oxygens (including phenoxy) is 2. The predicted octanol–water partition coefficient (Wildman–Crippen LogP) is 1.76. The lowest BCUT2D eigenvalue weighted by molar-refractivity contribution is -0.157. The van der Waals surface area contributed by atoms with Gasteiger partial charge in [0, 0.05) is 26.6 Å². The Morgan fingerprint density at radius 3 is 2.47 bits per heavy atom. The van der Waals surface area contributed by atoms with E-state index in [9.17, 15) is 14.4 Å². The molecule has 1 amide bonds. The number of rotatable bonds is 2. The molecule has 3 heterocycles. The Morgan fingerprint density at radius 2 is 1.84 bits per heavy atom. The maximum atomic E-state index is 12.8. The highest BCUT2D eigenvalue weighted by Crippen LogP contribution is 2.32. The van der Waals surface area contributed by atoms with Crippen LogP contribution < -0.4 is 5.32 Å². The van der Waals surface area contributed by atoms with Gasteiger partial charge in [0.15, 0.2) is 0 Å². The number of nitrogens with one attached hydrogen (secondary N) is 1. The number of amides is 1. The number of carbonyl (C=O) groups excluding carboxylic acids is 3. The van der Waals surface area contributed by atoms with Gasteiger partial charge in [-0.2, -0.15) is 0 Å². The van der Waals surface area contributed by atoms with Gasteiger partial charge >= 0.3 is 5.97 Å². The van der Waals surface area contributed by atoms with Crippen LogP contribution in [-0.4, -0.2) is 91.6 Å². The van der Waals surface area contributed by atoms with Crippen molar-refractivity contribution in [2.75, 3.05) is 46.9 Å². The van der Waals surface area contributed by atoms with Gasteiger partial charge in [-0.1, -0.05) is 0 Å². The Labute approximate surface area is 192 Å². The Kier molecular flexibility index (Phi) is 8.33.